The van der Waals surface area contributed by atoms with Gasteiger partial charge < -0.3 is 14.6 Å². The van der Waals surface area contributed by atoms with Gasteiger partial charge in [0.15, 0.2) is 0 Å². The summed E-state index contributed by atoms with van der Waals surface area (Å²) in [5, 5.41) is 3.48. The van der Waals surface area contributed by atoms with Crippen LogP contribution >= 0.6 is 0 Å². The van der Waals surface area contributed by atoms with Crippen LogP contribution in [-0.4, -0.2) is 23.2 Å². The molecule has 4 nitrogen and oxygen atoms in total. The van der Waals surface area contributed by atoms with Gasteiger partial charge in [-0.05, 0) is 25.5 Å². The van der Waals surface area contributed by atoms with Crippen molar-refractivity contribution in [2.75, 3.05) is 13.7 Å². The first-order chi connectivity index (χ1) is 10.1. The van der Waals surface area contributed by atoms with Gasteiger partial charge >= 0.3 is 0 Å². The SMILES string of the molecule is COc1ccccc1Cn1c(CNCC(C)C)cnc1C. The topological polar surface area (TPSA) is 39.1 Å². The van der Waals surface area contributed by atoms with Crippen molar-refractivity contribution in [3.8, 4) is 5.75 Å². The van der Waals surface area contributed by atoms with E-state index in [1.807, 2.05) is 31.3 Å². The maximum Gasteiger partial charge on any atom is 0.123 e. The zero-order chi connectivity index (χ0) is 15.2. The summed E-state index contributed by atoms with van der Waals surface area (Å²) < 4.78 is 7.68. The minimum Gasteiger partial charge on any atom is -0.496 e. The van der Waals surface area contributed by atoms with Gasteiger partial charge in [0.05, 0.1) is 19.3 Å². The third-order valence-corrected chi connectivity index (χ3v) is 3.52. The molecule has 0 amide bonds. The molecule has 0 unspecified atom stereocenters. The summed E-state index contributed by atoms with van der Waals surface area (Å²) in [7, 11) is 1.71. The lowest BCUT2D eigenvalue weighted by Crippen LogP contribution is -2.21. The Hall–Kier alpha value is -1.81. The lowest BCUT2D eigenvalue weighted by atomic mass is 10.2. The fourth-order valence-corrected chi connectivity index (χ4v) is 2.37. The Balaban J connectivity index is 2.14. The van der Waals surface area contributed by atoms with Crippen molar-refractivity contribution in [1.29, 1.82) is 0 Å². The van der Waals surface area contributed by atoms with Gasteiger partial charge in [0.2, 0.25) is 0 Å². The molecular weight excluding hydrogens is 262 g/mol. The number of imidazole rings is 1. The molecule has 0 aliphatic carbocycles. The van der Waals surface area contributed by atoms with Gasteiger partial charge in [0.1, 0.15) is 11.6 Å². The zero-order valence-corrected chi connectivity index (χ0v) is 13.4. The largest absolute Gasteiger partial charge is 0.496 e. The Morgan fingerprint density at radius 2 is 2.05 bits per heavy atom. The summed E-state index contributed by atoms with van der Waals surface area (Å²) in [5.41, 5.74) is 2.38. The number of ether oxygens (including phenoxy) is 1. The molecule has 0 aliphatic heterocycles. The van der Waals surface area contributed by atoms with E-state index in [-0.39, 0.29) is 0 Å². The van der Waals surface area contributed by atoms with Crippen LogP contribution in [0.4, 0.5) is 0 Å². The van der Waals surface area contributed by atoms with Crippen molar-refractivity contribution in [3.63, 3.8) is 0 Å². The number of aryl methyl sites for hydroxylation is 1. The molecule has 0 spiro atoms. The lowest BCUT2D eigenvalue weighted by molar-refractivity contribution is 0.407. The highest BCUT2D eigenvalue weighted by Crippen LogP contribution is 2.20. The van der Waals surface area contributed by atoms with E-state index in [4.69, 9.17) is 4.74 Å². The average Bonchev–Trinajstić information content (AvgIpc) is 2.80. The number of hydrogen-bond donors (Lipinski definition) is 1. The fourth-order valence-electron chi connectivity index (χ4n) is 2.37. The van der Waals surface area contributed by atoms with E-state index in [9.17, 15) is 0 Å². The molecule has 0 bridgehead atoms. The van der Waals surface area contributed by atoms with E-state index in [1.54, 1.807) is 7.11 Å². The van der Waals surface area contributed by atoms with Gasteiger partial charge in [0, 0.05) is 18.3 Å². The highest BCUT2D eigenvalue weighted by atomic mass is 16.5. The van der Waals surface area contributed by atoms with Gasteiger partial charge in [0.25, 0.3) is 0 Å². The van der Waals surface area contributed by atoms with Crippen LogP contribution in [0.5, 0.6) is 5.75 Å². The first-order valence-corrected chi connectivity index (χ1v) is 7.45. The fraction of sp³-hybridized carbons (Fsp3) is 0.471. The van der Waals surface area contributed by atoms with E-state index in [1.165, 1.54) is 11.3 Å². The van der Waals surface area contributed by atoms with Crippen LogP contribution < -0.4 is 10.1 Å². The van der Waals surface area contributed by atoms with Crippen LogP contribution in [0.3, 0.4) is 0 Å². The molecule has 1 heterocycles. The molecule has 0 saturated heterocycles. The first kappa shape index (κ1) is 15.6. The van der Waals surface area contributed by atoms with Gasteiger partial charge in [-0.25, -0.2) is 4.98 Å². The second-order valence-corrected chi connectivity index (χ2v) is 5.72. The second-order valence-electron chi connectivity index (χ2n) is 5.72. The summed E-state index contributed by atoms with van der Waals surface area (Å²) in [4.78, 5) is 4.45. The monoisotopic (exact) mass is 287 g/mol. The number of nitrogens with zero attached hydrogens (tertiary/aromatic N) is 2. The number of hydrogen-bond acceptors (Lipinski definition) is 3. The molecule has 0 aliphatic rings. The van der Waals surface area contributed by atoms with E-state index >= 15 is 0 Å². The highest BCUT2D eigenvalue weighted by Gasteiger charge is 2.10. The molecule has 4 heteroatoms. The van der Waals surface area contributed by atoms with Gasteiger partial charge in [-0.2, -0.15) is 0 Å². The van der Waals surface area contributed by atoms with Crippen LogP contribution in [0.25, 0.3) is 0 Å². The van der Waals surface area contributed by atoms with Crippen molar-refractivity contribution < 1.29 is 4.74 Å². The summed E-state index contributed by atoms with van der Waals surface area (Å²) >= 11 is 0. The van der Waals surface area contributed by atoms with E-state index in [2.05, 4.69) is 34.8 Å². The molecular formula is C17H25N3O. The normalized spacial score (nSPS) is 11.1. The summed E-state index contributed by atoms with van der Waals surface area (Å²) in [5.74, 6) is 2.60. The van der Waals surface area contributed by atoms with E-state index < -0.39 is 0 Å². The maximum atomic E-state index is 5.44. The zero-order valence-electron chi connectivity index (χ0n) is 13.4. The third kappa shape index (κ3) is 4.08. The average molecular weight is 287 g/mol. The molecule has 21 heavy (non-hydrogen) atoms. The number of para-hydroxylation sites is 1. The molecule has 1 aromatic carbocycles. The molecule has 0 atom stereocenters. The van der Waals surface area contributed by atoms with Crippen molar-refractivity contribution in [2.24, 2.45) is 5.92 Å². The minimum atomic E-state index is 0.650. The van der Waals surface area contributed by atoms with Crippen molar-refractivity contribution >= 4 is 0 Å². The van der Waals surface area contributed by atoms with Crippen molar-refractivity contribution in [1.82, 2.24) is 14.9 Å². The molecule has 2 rings (SSSR count). The van der Waals surface area contributed by atoms with Gasteiger partial charge in [-0.1, -0.05) is 32.0 Å². The molecule has 2 aromatic rings. The van der Waals surface area contributed by atoms with Crippen LogP contribution in [0.1, 0.15) is 30.9 Å². The Labute approximate surface area is 127 Å². The summed E-state index contributed by atoms with van der Waals surface area (Å²) in [6.07, 6.45) is 1.96. The van der Waals surface area contributed by atoms with E-state index in [0.29, 0.717) is 5.92 Å². The summed E-state index contributed by atoms with van der Waals surface area (Å²) in [6, 6.07) is 8.14. The van der Waals surface area contributed by atoms with Crippen LogP contribution in [-0.2, 0) is 13.1 Å². The van der Waals surface area contributed by atoms with Gasteiger partial charge in [-0.15, -0.1) is 0 Å². The number of nitrogens with one attached hydrogen (secondary N) is 1. The van der Waals surface area contributed by atoms with Crippen molar-refractivity contribution in [3.05, 3.63) is 47.5 Å². The van der Waals surface area contributed by atoms with Crippen LogP contribution in [0.15, 0.2) is 30.5 Å². The van der Waals surface area contributed by atoms with Crippen molar-refractivity contribution in [2.45, 2.75) is 33.9 Å². The minimum absolute atomic E-state index is 0.650. The van der Waals surface area contributed by atoms with Crippen LogP contribution in [0.2, 0.25) is 0 Å². The lowest BCUT2D eigenvalue weighted by Gasteiger charge is -2.14. The first-order valence-electron chi connectivity index (χ1n) is 7.45. The second kappa shape index (κ2) is 7.27. The standard InChI is InChI=1S/C17H25N3O/c1-13(2)9-18-10-16-11-19-14(3)20(16)12-15-7-5-6-8-17(15)21-4/h5-8,11,13,18H,9-10,12H2,1-4H3. The molecule has 0 saturated carbocycles. The smallest absolute Gasteiger partial charge is 0.123 e. The predicted octanol–water partition coefficient (Wildman–Crippen LogP) is 2.99. The molecule has 0 fully saturated rings. The Kier molecular flexibility index (Phi) is 5.39. The number of rotatable bonds is 7. The number of aromatic nitrogens is 2. The van der Waals surface area contributed by atoms with E-state index in [0.717, 1.165) is 31.2 Å². The highest BCUT2D eigenvalue weighted by molar-refractivity contribution is 5.33. The molecule has 1 N–H and O–H groups in total. The third-order valence-electron chi connectivity index (χ3n) is 3.52. The number of methoxy groups -OCH3 is 1. The Bertz CT molecular complexity index is 575. The Morgan fingerprint density at radius 1 is 1.29 bits per heavy atom. The molecule has 1 aromatic heterocycles. The summed E-state index contributed by atoms with van der Waals surface area (Å²) in [6.45, 7) is 9.11. The molecule has 114 valence electrons. The number of benzene rings is 1. The Morgan fingerprint density at radius 3 is 2.76 bits per heavy atom. The quantitative estimate of drug-likeness (QED) is 0.851. The predicted molar refractivity (Wildman–Crippen MR) is 85.6 cm³/mol. The van der Waals surface area contributed by atoms with Crippen LogP contribution in [0, 0.1) is 12.8 Å². The van der Waals surface area contributed by atoms with Gasteiger partial charge in [-0.3, -0.25) is 0 Å². The molecule has 0 radical (unpaired) electrons. The maximum absolute atomic E-state index is 5.44.